The van der Waals surface area contributed by atoms with Gasteiger partial charge in [0.2, 0.25) is 0 Å². The maximum absolute atomic E-state index is 6.14. The van der Waals surface area contributed by atoms with E-state index in [2.05, 4.69) is 6.92 Å². The maximum Gasteiger partial charge on any atom is 0.187 e. The van der Waals surface area contributed by atoms with Crippen molar-refractivity contribution < 1.29 is 9.15 Å². The van der Waals surface area contributed by atoms with E-state index in [1.807, 2.05) is 35.3 Å². The molecule has 1 aromatic carbocycles. The Hall–Kier alpha value is -1.94. The molecule has 3 heterocycles. The summed E-state index contributed by atoms with van der Waals surface area (Å²) in [6.45, 7) is 2.10. The zero-order chi connectivity index (χ0) is 14.4. The number of furan rings is 1. The van der Waals surface area contributed by atoms with Gasteiger partial charge in [0.15, 0.2) is 6.23 Å². The number of nitrogens with zero attached hydrogens (tertiary/aromatic N) is 2. The van der Waals surface area contributed by atoms with Crippen LogP contribution in [-0.4, -0.2) is 16.9 Å². The molecule has 4 rings (SSSR count). The van der Waals surface area contributed by atoms with E-state index in [1.165, 1.54) is 0 Å². The van der Waals surface area contributed by atoms with Gasteiger partial charge in [-0.3, -0.25) is 5.01 Å². The average Bonchev–Trinajstić information content (AvgIpc) is 3.15. The Bertz CT molecular complexity index is 696. The molecule has 0 N–H and O–H groups in total. The molecule has 0 amide bonds. The molecule has 0 unspecified atom stereocenters. The van der Waals surface area contributed by atoms with Gasteiger partial charge in [-0.2, -0.15) is 5.10 Å². The van der Waals surface area contributed by atoms with Gasteiger partial charge in [0, 0.05) is 23.4 Å². The minimum atomic E-state index is -0.0452. The van der Waals surface area contributed by atoms with Crippen LogP contribution in [-0.2, 0) is 0 Å². The molecule has 5 heteroatoms. The van der Waals surface area contributed by atoms with Gasteiger partial charge in [-0.15, -0.1) is 0 Å². The highest BCUT2D eigenvalue weighted by Gasteiger charge is 2.40. The summed E-state index contributed by atoms with van der Waals surface area (Å²) in [4.78, 5) is 0. The molecule has 0 aliphatic carbocycles. The number of benzene rings is 1. The number of hydrazone groups is 1. The smallest absolute Gasteiger partial charge is 0.187 e. The third-order valence-electron chi connectivity index (χ3n) is 3.99. The van der Waals surface area contributed by atoms with Crippen molar-refractivity contribution in [2.75, 3.05) is 0 Å². The largest absolute Gasteiger partial charge is 0.469 e. The van der Waals surface area contributed by atoms with Crippen molar-refractivity contribution in [1.29, 1.82) is 0 Å². The van der Waals surface area contributed by atoms with E-state index >= 15 is 0 Å². The summed E-state index contributed by atoms with van der Waals surface area (Å²) in [7, 11) is 0. The lowest BCUT2D eigenvalue weighted by molar-refractivity contribution is -0.0188. The lowest BCUT2D eigenvalue weighted by Crippen LogP contribution is -2.39. The van der Waals surface area contributed by atoms with Gasteiger partial charge >= 0.3 is 0 Å². The summed E-state index contributed by atoms with van der Waals surface area (Å²) in [6, 6.07) is 9.78. The maximum atomic E-state index is 6.14. The van der Waals surface area contributed by atoms with Crippen molar-refractivity contribution in [3.8, 4) is 5.75 Å². The second-order valence-corrected chi connectivity index (χ2v) is 5.72. The van der Waals surface area contributed by atoms with Crippen molar-refractivity contribution in [3.05, 3.63) is 52.9 Å². The highest BCUT2D eigenvalue weighted by atomic mass is 35.5. The van der Waals surface area contributed by atoms with Crippen LogP contribution in [0, 0.1) is 0 Å². The summed E-state index contributed by atoms with van der Waals surface area (Å²) in [6.07, 6.45) is 3.30. The lowest BCUT2D eigenvalue weighted by Gasteiger charge is -2.37. The van der Waals surface area contributed by atoms with Gasteiger partial charge in [-0.1, -0.05) is 18.5 Å². The van der Waals surface area contributed by atoms with E-state index < -0.39 is 0 Å². The number of hydrogen-bond donors (Lipinski definition) is 0. The molecule has 0 saturated carbocycles. The molecule has 2 aliphatic rings. The predicted octanol–water partition coefficient (Wildman–Crippen LogP) is 4.21. The molecule has 108 valence electrons. The Morgan fingerprint density at radius 3 is 3.05 bits per heavy atom. The van der Waals surface area contributed by atoms with Crippen LogP contribution < -0.4 is 4.74 Å². The van der Waals surface area contributed by atoms with Crippen LogP contribution in [0.1, 0.15) is 37.1 Å². The van der Waals surface area contributed by atoms with E-state index in [0.717, 1.165) is 40.6 Å². The quantitative estimate of drug-likeness (QED) is 0.834. The molecule has 0 radical (unpaired) electrons. The molecule has 2 aliphatic heterocycles. The Morgan fingerprint density at radius 1 is 1.38 bits per heavy atom. The molecule has 0 fully saturated rings. The van der Waals surface area contributed by atoms with Crippen LogP contribution in [0.25, 0.3) is 0 Å². The van der Waals surface area contributed by atoms with Gasteiger partial charge in [0.05, 0.1) is 12.3 Å². The van der Waals surface area contributed by atoms with Crippen LogP contribution in [0.2, 0.25) is 5.02 Å². The summed E-state index contributed by atoms with van der Waals surface area (Å²) < 4.78 is 11.5. The number of hydrogen-bond acceptors (Lipinski definition) is 4. The first-order valence-corrected chi connectivity index (χ1v) is 7.50. The second-order valence-electron chi connectivity index (χ2n) is 5.29. The van der Waals surface area contributed by atoms with Gasteiger partial charge < -0.3 is 9.15 Å². The number of ether oxygens (including phenoxy) is 1. The Morgan fingerprint density at radius 2 is 2.29 bits per heavy atom. The average molecular weight is 303 g/mol. The molecule has 0 spiro atoms. The number of fused-ring (bicyclic) bond motifs is 3. The number of halogens is 1. The number of rotatable bonds is 2. The predicted molar refractivity (Wildman–Crippen MR) is 80.6 cm³/mol. The molecule has 0 saturated heterocycles. The van der Waals surface area contributed by atoms with Crippen LogP contribution in [0.15, 0.2) is 46.1 Å². The van der Waals surface area contributed by atoms with Gasteiger partial charge in [0.25, 0.3) is 0 Å². The highest BCUT2D eigenvalue weighted by molar-refractivity contribution is 6.30. The van der Waals surface area contributed by atoms with Crippen LogP contribution >= 0.6 is 11.6 Å². The molecule has 1 aromatic heterocycles. The lowest BCUT2D eigenvalue weighted by atomic mass is 9.98. The third kappa shape index (κ3) is 2.02. The highest BCUT2D eigenvalue weighted by Crippen LogP contribution is 2.44. The fraction of sp³-hybridized carbons (Fsp3) is 0.312. The van der Waals surface area contributed by atoms with Crippen molar-refractivity contribution in [2.45, 2.75) is 32.0 Å². The first-order chi connectivity index (χ1) is 10.3. The molecule has 0 bridgehead atoms. The molecule has 4 nitrogen and oxygen atoms in total. The summed E-state index contributed by atoms with van der Waals surface area (Å²) in [5, 5.41) is 7.48. The Balaban J connectivity index is 1.76. The Kier molecular flexibility index (Phi) is 2.93. The second kappa shape index (κ2) is 4.81. The van der Waals surface area contributed by atoms with Crippen LogP contribution in [0.5, 0.6) is 5.75 Å². The molecular formula is C16H15ClN2O2. The summed E-state index contributed by atoms with van der Waals surface area (Å²) >= 11 is 6.14. The topological polar surface area (TPSA) is 38.0 Å². The summed E-state index contributed by atoms with van der Waals surface area (Å²) in [5.41, 5.74) is 2.05. The zero-order valence-electron chi connectivity index (χ0n) is 11.6. The third-order valence-corrected chi connectivity index (χ3v) is 4.22. The zero-order valence-corrected chi connectivity index (χ0v) is 12.4. The van der Waals surface area contributed by atoms with Crippen molar-refractivity contribution in [1.82, 2.24) is 5.01 Å². The molecule has 2 atom stereocenters. The van der Waals surface area contributed by atoms with Crippen LogP contribution in [0.3, 0.4) is 0 Å². The Labute approximate surface area is 128 Å². The van der Waals surface area contributed by atoms with Crippen molar-refractivity contribution in [3.63, 3.8) is 0 Å². The van der Waals surface area contributed by atoms with E-state index in [-0.39, 0.29) is 12.3 Å². The van der Waals surface area contributed by atoms with Gasteiger partial charge in [-0.25, -0.2) is 0 Å². The van der Waals surface area contributed by atoms with E-state index in [0.29, 0.717) is 0 Å². The van der Waals surface area contributed by atoms with Gasteiger partial charge in [-0.05, 0) is 30.3 Å². The molecular weight excluding hydrogens is 288 g/mol. The molecule has 2 aromatic rings. The van der Waals surface area contributed by atoms with Crippen LogP contribution in [0.4, 0.5) is 0 Å². The first kappa shape index (κ1) is 12.8. The fourth-order valence-electron chi connectivity index (χ4n) is 2.99. The minimum Gasteiger partial charge on any atom is -0.469 e. The standard InChI is InChI=1S/C16H15ClN2O2/c1-2-16-19-13(9-12(18-19)15-4-3-7-20-15)11-8-10(17)5-6-14(11)21-16/h3-8,13,16H,2,9H2,1H3/t13-,16+/m1/s1. The monoisotopic (exact) mass is 302 g/mol. The van der Waals surface area contributed by atoms with E-state index in [1.54, 1.807) is 6.26 Å². The van der Waals surface area contributed by atoms with Gasteiger partial charge in [0.1, 0.15) is 17.2 Å². The van der Waals surface area contributed by atoms with Crippen molar-refractivity contribution >= 4 is 17.3 Å². The van der Waals surface area contributed by atoms with Crippen molar-refractivity contribution in [2.24, 2.45) is 5.10 Å². The fourth-order valence-corrected chi connectivity index (χ4v) is 3.18. The van der Waals surface area contributed by atoms with E-state index in [9.17, 15) is 0 Å². The molecule has 21 heavy (non-hydrogen) atoms. The SMILES string of the molecule is CC[C@@H]1Oc2ccc(Cl)cc2[C@H]2CC(c3ccco3)=NN12. The minimum absolute atomic E-state index is 0.0452. The first-order valence-electron chi connectivity index (χ1n) is 7.12. The normalized spacial score (nSPS) is 23.3. The summed E-state index contributed by atoms with van der Waals surface area (Å²) in [5.74, 6) is 1.73. The van der Waals surface area contributed by atoms with E-state index in [4.69, 9.17) is 25.9 Å².